The van der Waals surface area contributed by atoms with Crippen molar-refractivity contribution in [3.8, 4) is 0 Å². The maximum atomic E-state index is 12.0. The van der Waals surface area contributed by atoms with Crippen LogP contribution >= 0.6 is 0 Å². The smallest absolute Gasteiger partial charge is 0.334 e. The molecule has 3 rings (SSSR count). The third kappa shape index (κ3) is 3.29. The predicted molar refractivity (Wildman–Crippen MR) is 88.2 cm³/mol. The van der Waals surface area contributed by atoms with E-state index in [-0.39, 0.29) is 23.7 Å². The highest BCUT2D eigenvalue weighted by atomic mass is 16.6. The molecule has 0 spiro atoms. The molecule has 0 aromatic heterocycles. The van der Waals surface area contributed by atoms with E-state index in [0.29, 0.717) is 12.0 Å². The van der Waals surface area contributed by atoms with Crippen molar-refractivity contribution in [1.29, 1.82) is 0 Å². The number of fused-ring (bicyclic) bond motifs is 2. The van der Waals surface area contributed by atoms with Crippen LogP contribution in [0.4, 0.5) is 0 Å². The monoisotopic (exact) mass is 344 g/mol. The third-order valence-electron chi connectivity index (χ3n) is 4.57. The Morgan fingerprint density at radius 3 is 2.60 bits per heavy atom. The van der Waals surface area contributed by atoms with Gasteiger partial charge in [-0.3, -0.25) is 0 Å². The average Bonchev–Trinajstić information content (AvgIpc) is 2.98. The maximum absolute atomic E-state index is 12.0. The van der Waals surface area contributed by atoms with Crippen LogP contribution in [0.15, 0.2) is 47.6 Å². The third-order valence-corrected chi connectivity index (χ3v) is 4.57. The fourth-order valence-corrected chi connectivity index (χ4v) is 3.33. The van der Waals surface area contributed by atoms with Gasteiger partial charge >= 0.3 is 17.9 Å². The lowest BCUT2D eigenvalue weighted by Gasteiger charge is -2.26. The zero-order chi connectivity index (χ0) is 18.3. The van der Waals surface area contributed by atoms with Gasteiger partial charge in [0.15, 0.2) is 0 Å². The van der Waals surface area contributed by atoms with Gasteiger partial charge in [-0.2, -0.15) is 0 Å². The van der Waals surface area contributed by atoms with Crippen molar-refractivity contribution in [1.82, 2.24) is 0 Å². The molecule has 0 N–H and O–H groups in total. The lowest BCUT2D eigenvalue weighted by molar-refractivity contribution is -0.146. The number of rotatable bonds is 2. The van der Waals surface area contributed by atoms with Gasteiger partial charge in [-0.1, -0.05) is 18.7 Å². The van der Waals surface area contributed by atoms with E-state index >= 15 is 0 Å². The first-order chi connectivity index (χ1) is 11.8. The molecule has 0 unspecified atom stereocenters. The topological polar surface area (TPSA) is 78.9 Å². The van der Waals surface area contributed by atoms with E-state index in [0.717, 1.165) is 5.57 Å². The Morgan fingerprint density at radius 1 is 1.20 bits per heavy atom. The zero-order valence-corrected chi connectivity index (χ0v) is 14.2. The van der Waals surface area contributed by atoms with E-state index in [1.165, 1.54) is 0 Å². The summed E-state index contributed by atoms with van der Waals surface area (Å²) >= 11 is 0. The van der Waals surface area contributed by atoms with Crippen molar-refractivity contribution < 1.29 is 28.6 Å². The van der Waals surface area contributed by atoms with E-state index in [1.54, 1.807) is 19.1 Å². The summed E-state index contributed by atoms with van der Waals surface area (Å²) in [5.41, 5.74) is 1.85. The van der Waals surface area contributed by atoms with Gasteiger partial charge in [0.2, 0.25) is 0 Å². The van der Waals surface area contributed by atoms with E-state index in [4.69, 9.17) is 14.2 Å². The molecule has 2 aliphatic heterocycles. The quantitative estimate of drug-likeness (QED) is 0.331. The fourth-order valence-electron chi connectivity index (χ4n) is 3.33. The van der Waals surface area contributed by atoms with E-state index in [9.17, 15) is 14.4 Å². The zero-order valence-electron chi connectivity index (χ0n) is 14.2. The molecule has 6 nitrogen and oxygen atoms in total. The van der Waals surface area contributed by atoms with Gasteiger partial charge in [0.1, 0.15) is 18.3 Å². The molecule has 2 heterocycles. The Balaban J connectivity index is 1.99. The molecule has 1 fully saturated rings. The summed E-state index contributed by atoms with van der Waals surface area (Å²) in [5.74, 6) is -2.05. The average molecular weight is 344 g/mol. The molecular formula is C19H20O6. The summed E-state index contributed by atoms with van der Waals surface area (Å²) in [4.78, 5) is 36.1. The van der Waals surface area contributed by atoms with E-state index in [2.05, 4.69) is 13.2 Å². The molecular weight excluding hydrogens is 324 g/mol. The van der Waals surface area contributed by atoms with Gasteiger partial charge in [0.05, 0.1) is 5.92 Å². The number of carbonyl (C=O) groups excluding carboxylic acids is 3. The molecule has 2 bridgehead atoms. The molecule has 0 radical (unpaired) electrons. The van der Waals surface area contributed by atoms with Crippen LogP contribution in [-0.2, 0) is 28.6 Å². The van der Waals surface area contributed by atoms with Gasteiger partial charge in [-0.25, -0.2) is 14.4 Å². The molecule has 4 atom stereocenters. The lowest BCUT2D eigenvalue weighted by atomic mass is 9.85. The van der Waals surface area contributed by atoms with Crippen molar-refractivity contribution in [2.45, 2.75) is 45.0 Å². The second-order valence-electron chi connectivity index (χ2n) is 6.70. The first-order valence-corrected chi connectivity index (χ1v) is 8.11. The Hall–Kier alpha value is -2.63. The highest BCUT2D eigenvalue weighted by molar-refractivity contribution is 5.93. The summed E-state index contributed by atoms with van der Waals surface area (Å²) in [6.45, 7) is 10.8. The Bertz CT molecular complexity index is 741. The SMILES string of the molecule is C=C(C)C(=O)O[C@@H]1/C=C(\C)C[C@@H]2C=C(C[C@@H]3OC(=O)C(=C)[C@H]31)C(=O)O2. The van der Waals surface area contributed by atoms with Gasteiger partial charge in [0.25, 0.3) is 0 Å². The summed E-state index contributed by atoms with van der Waals surface area (Å²) < 4.78 is 16.3. The van der Waals surface area contributed by atoms with Gasteiger partial charge in [0, 0.05) is 29.6 Å². The van der Waals surface area contributed by atoms with Crippen molar-refractivity contribution in [3.05, 3.63) is 47.6 Å². The minimum absolute atomic E-state index is 0.207. The predicted octanol–water partition coefficient (Wildman–Crippen LogP) is 2.16. The number of ether oxygens (including phenoxy) is 3. The number of esters is 3. The molecule has 132 valence electrons. The lowest BCUT2D eigenvalue weighted by Crippen LogP contribution is -2.33. The minimum Gasteiger partial charge on any atom is -0.458 e. The highest BCUT2D eigenvalue weighted by Crippen LogP contribution is 2.38. The molecule has 0 amide bonds. The van der Waals surface area contributed by atoms with Crippen LogP contribution < -0.4 is 0 Å². The van der Waals surface area contributed by atoms with Crippen molar-refractivity contribution in [2.24, 2.45) is 5.92 Å². The molecule has 0 saturated carbocycles. The normalized spacial score (nSPS) is 33.4. The Kier molecular flexibility index (Phi) is 4.37. The molecule has 6 heteroatoms. The van der Waals surface area contributed by atoms with Crippen LogP contribution in [0.25, 0.3) is 0 Å². The second-order valence-corrected chi connectivity index (χ2v) is 6.70. The van der Waals surface area contributed by atoms with Gasteiger partial charge in [-0.15, -0.1) is 0 Å². The first-order valence-electron chi connectivity index (χ1n) is 8.11. The maximum Gasteiger partial charge on any atom is 0.334 e. The van der Waals surface area contributed by atoms with Crippen LogP contribution in [0.3, 0.4) is 0 Å². The molecule has 0 aromatic rings. The van der Waals surface area contributed by atoms with Crippen LogP contribution in [0.2, 0.25) is 0 Å². The number of hydrogen-bond acceptors (Lipinski definition) is 6. The Labute approximate surface area is 145 Å². The summed E-state index contributed by atoms with van der Waals surface area (Å²) in [6, 6.07) is 0. The van der Waals surface area contributed by atoms with Crippen LogP contribution in [0.5, 0.6) is 0 Å². The van der Waals surface area contributed by atoms with Crippen molar-refractivity contribution in [3.63, 3.8) is 0 Å². The largest absolute Gasteiger partial charge is 0.458 e. The standard InChI is InChI=1S/C19H20O6/c1-9(2)17(20)24-14-6-10(3)5-13-7-12(19(22)23-13)8-15-16(14)11(4)18(21)25-15/h6-7,13-16H,1,4-5,8H2,2-3H3/b10-6+/t13-,14-,15+,16+/m1/s1. The summed E-state index contributed by atoms with van der Waals surface area (Å²) in [5, 5.41) is 0. The number of carbonyl (C=O) groups is 3. The van der Waals surface area contributed by atoms with Crippen LogP contribution in [-0.4, -0.2) is 36.2 Å². The summed E-state index contributed by atoms with van der Waals surface area (Å²) in [6.07, 6.45) is 2.54. The van der Waals surface area contributed by atoms with Crippen LogP contribution in [0.1, 0.15) is 26.7 Å². The van der Waals surface area contributed by atoms with Crippen LogP contribution in [0, 0.1) is 5.92 Å². The highest BCUT2D eigenvalue weighted by Gasteiger charge is 2.46. The van der Waals surface area contributed by atoms with Crippen molar-refractivity contribution >= 4 is 17.9 Å². The first kappa shape index (κ1) is 17.2. The fraction of sp³-hybridized carbons (Fsp3) is 0.421. The Morgan fingerprint density at radius 2 is 1.92 bits per heavy atom. The summed E-state index contributed by atoms with van der Waals surface area (Å²) in [7, 11) is 0. The molecule has 3 aliphatic rings. The molecule has 1 saturated heterocycles. The van der Waals surface area contributed by atoms with E-state index < -0.39 is 36.0 Å². The van der Waals surface area contributed by atoms with Gasteiger partial charge < -0.3 is 14.2 Å². The van der Waals surface area contributed by atoms with E-state index in [1.807, 2.05) is 6.92 Å². The molecule has 1 aliphatic carbocycles. The van der Waals surface area contributed by atoms with Crippen molar-refractivity contribution in [2.75, 3.05) is 0 Å². The second kappa shape index (κ2) is 6.35. The molecule has 0 aromatic carbocycles. The minimum atomic E-state index is -0.721. The molecule has 25 heavy (non-hydrogen) atoms. The van der Waals surface area contributed by atoms with Gasteiger partial charge in [-0.05, 0) is 26.0 Å². The number of hydrogen-bond donors (Lipinski definition) is 0.